The highest BCUT2D eigenvalue weighted by molar-refractivity contribution is 5.91. The predicted molar refractivity (Wildman–Crippen MR) is 174 cm³/mol. The average Bonchev–Trinajstić information content (AvgIpc) is 3.36. The Kier molecular flexibility index (Phi) is 8.72. The number of aromatic nitrogens is 4. The largest absolute Gasteiger partial charge is 0.312 e. The number of likely N-dealkylation sites (N-methyl/N-ethyl adjacent to an activating group) is 1. The molecule has 4 heterocycles. The molecule has 0 saturated carbocycles. The van der Waals surface area contributed by atoms with E-state index in [-0.39, 0.29) is 17.3 Å². The van der Waals surface area contributed by atoms with E-state index in [1.54, 1.807) is 12.1 Å². The third-order valence-corrected chi connectivity index (χ3v) is 8.42. The molecule has 1 unspecified atom stereocenters. The summed E-state index contributed by atoms with van der Waals surface area (Å²) in [5.41, 5.74) is 4.36. The van der Waals surface area contributed by atoms with Crippen molar-refractivity contribution in [3.63, 3.8) is 0 Å². The lowest BCUT2D eigenvalue weighted by atomic mass is 10.0. The Morgan fingerprint density at radius 3 is 2.70 bits per heavy atom. The second kappa shape index (κ2) is 13.0. The van der Waals surface area contributed by atoms with Crippen molar-refractivity contribution < 1.29 is 4.39 Å². The molecule has 2 aromatic carbocycles. The molecule has 10 heteroatoms. The molecule has 0 amide bonds. The number of hydrogen-bond acceptors (Lipinski definition) is 7. The molecule has 1 saturated heterocycles. The van der Waals surface area contributed by atoms with E-state index in [1.807, 2.05) is 42.2 Å². The topological polar surface area (TPSA) is 95.4 Å². The molecule has 9 nitrogen and oxygen atoms in total. The monoisotopic (exact) mass is 592 g/mol. The lowest BCUT2D eigenvalue weighted by Gasteiger charge is -2.31. The van der Waals surface area contributed by atoms with Gasteiger partial charge in [0.15, 0.2) is 5.82 Å². The van der Waals surface area contributed by atoms with Crippen molar-refractivity contribution in [2.75, 3.05) is 46.3 Å². The Morgan fingerprint density at radius 1 is 1.05 bits per heavy atom. The molecular formula is C34H37FN8O. The second-order valence-electron chi connectivity index (χ2n) is 11.5. The molecule has 44 heavy (non-hydrogen) atoms. The first-order chi connectivity index (χ1) is 21.4. The van der Waals surface area contributed by atoms with Gasteiger partial charge in [-0.05, 0) is 79.5 Å². The smallest absolute Gasteiger partial charge is 0.266 e. The van der Waals surface area contributed by atoms with Gasteiger partial charge in [-0.15, -0.1) is 0 Å². The Morgan fingerprint density at radius 2 is 1.89 bits per heavy atom. The van der Waals surface area contributed by atoms with Crippen LogP contribution in [-0.4, -0.2) is 87.9 Å². The van der Waals surface area contributed by atoms with Crippen molar-refractivity contribution in [2.24, 2.45) is 4.99 Å². The summed E-state index contributed by atoms with van der Waals surface area (Å²) in [7, 11) is 2.15. The first-order valence-electron chi connectivity index (χ1n) is 15.0. The molecule has 1 N–H and O–H groups in total. The van der Waals surface area contributed by atoms with Crippen LogP contribution in [-0.2, 0) is 13.0 Å². The first-order valence-corrected chi connectivity index (χ1v) is 15.0. The van der Waals surface area contributed by atoms with Gasteiger partial charge in [-0.2, -0.15) is 5.10 Å². The number of halogens is 1. The number of nitrogens with zero attached hydrogens (tertiary/aromatic N) is 7. The van der Waals surface area contributed by atoms with Gasteiger partial charge in [0.25, 0.3) is 5.56 Å². The standard InChI is InChI=1S/C34H37FN8O/c1-24-23-42(32-19-29(35)4-5-30(24)32)33-7-8-34(44)43(39-33)11-9-25-3-6-31-26(17-25)18-27(22-38-31)28(20-36)21-37-10-12-41-15-13-40(2)14-16-41/h3-8,17-23,28,36H,9-16H2,1-2H3. The Balaban J connectivity index is 1.15. The van der Waals surface area contributed by atoms with Crippen LogP contribution in [0.2, 0.25) is 0 Å². The molecule has 226 valence electrons. The second-order valence-corrected chi connectivity index (χ2v) is 11.5. The molecule has 0 radical (unpaired) electrons. The van der Waals surface area contributed by atoms with Gasteiger partial charge in [0, 0.05) is 80.9 Å². The minimum absolute atomic E-state index is 0.196. The molecule has 1 aliphatic heterocycles. The fourth-order valence-electron chi connectivity index (χ4n) is 5.74. The summed E-state index contributed by atoms with van der Waals surface area (Å²) < 4.78 is 17.3. The van der Waals surface area contributed by atoms with E-state index in [4.69, 9.17) is 5.41 Å². The molecule has 0 spiro atoms. The van der Waals surface area contributed by atoms with E-state index < -0.39 is 0 Å². The van der Waals surface area contributed by atoms with Gasteiger partial charge < -0.3 is 10.3 Å². The zero-order valence-electron chi connectivity index (χ0n) is 25.2. The van der Waals surface area contributed by atoms with Crippen molar-refractivity contribution in [3.05, 3.63) is 99.9 Å². The number of benzene rings is 2. The third-order valence-electron chi connectivity index (χ3n) is 8.42. The predicted octanol–water partition coefficient (Wildman–Crippen LogP) is 4.48. The lowest BCUT2D eigenvalue weighted by molar-refractivity contribution is 0.157. The highest BCUT2D eigenvalue weighted by atomic mass is 19.1. The maximum atomic E-state index is 14.0. The van der Waals surface area contributed by atoms with Crippen molar-refractivity contribution >= 4 is 34.2 Å². The van der Waals surface area contributed by atoms with Gasteiger partial charge in [0.05, 0.1) is 23.5 Å². The van der Waals surface area contributed by atoms with Crippen LogP contribution in [0.4, 0.5) is 4.39 Å². The van der Waals surface area contributed by atoms with E-state index in [9.17, 15) is 9.18 Å². The van der Waals surface area contributed by atoms with Crippen LogP contribution in [0.5, 0.6) is 0 Å². The molecule has 0 aliphatic carbocycles. The molecule has 6 rings (SSSR count). The zero-order valence-corrected chi connectivity index (χ0v) is 25.2. The van der Waals surface area contributed by atoms with E-state index in [0.29, 0.717) is 30.8 Å². The van der Waals surface area contributed by atoms with Gasteiger partial charge in [-0.1, -0.05) is 6.07 Å². The van der Waals surface area contributed by atoms with Gasteiger partial charge in [0.1, 0.15) is 5.82 Å². The van der Waals surface area contributed by atoms with Gasteiger partial charge >= 0.3 is 0 Å². The summed E-state index contributed by atoms with van der Waals surface area (Å²) in [6.07, 6.45) is 7.58. The number of piperazine rings is 1. The summed E-state index contributed by atoms with van der Waals surface area (Å²) in [6.45, 7) is 8.31. The lowest BCUT2D eigenvalue weighted by Crippen LogP contribution is -2.45. The molecular weight excluding hydrogens is 555 g/mol. The number of aliphatic imine (C=N–C) groups is 1. The van der Waals surface area contributed by atoms with E-state index in [0.717, 1.165) is 65.7 Å². The van der Waals surface area contributed by atoms with E-state index >= 15 is 0 Å². The van der Waals surface area contributed by atoms with Crippen LogP contribution >= 0.6 is 0 Å². The number of nitrogens with one attached hydrogen (secondary N) is 1. The maximum absolute atomic E-state index is 14.0. The van der Waals surface area contributed by atoms with Crippen LogP contribution in [0, 0.1) is 18.2 Å². The highest BCUT2D eigenvalue weighted by Crippen LogP contribution is 2.24. The highest BCUT2D eigenvalue weighted by Gasteiger charge is 2.14. The number of rotatable bonds is 10. The van der Waals surface area contributed by atoms with Gasteiger partial charge in [-0.3, -0.25) is 24.2 Å². The number of hydrogen-bond donors (Lipinski definition) is 1. The quantitative estimate of drug-likeness (QED) is 0.242. The fraction of sp³-hybridized carbons (Fsp3) is 0.324. The third kappa shape index (κ3) is 6.51. The number of fused-ring (bicyclic) bond motifs is 2. The molecule has 3 aromatic heterocycles. The molecule has 1 aliphatic rings. The normalized spacial score (nSPS) is 15.4. The summed E-state index contributed by atoms with van der Waals surface area (Å²) in [5, 5.41) is 14.5. The molecule has 1 atom stereocenters. The summed E-state index contributed by atoms with van der Waals surface area (Å²) >= 11 is 0. The van der Waals surface area contributed by atoms with Crippen LogP contribution in [0.15, 0.2) is 76.8 Å². The van der Waals surface area contributed by atoms with E-state index in [1.165, 1.54) is 29.1 Å². The Bertz CT molecular complexity index is 1890. The van der Waals surface area contributed by atoms with Crippen molar-refractivity contribution in [2.45, 2.75) is 25.8 Å². The SMILES string of the molecule is Cc1cn(-c2ccc(=O)n(CCc3ccc4ncc(C(C=N)C=NCCN5CCN(C)CC5)cc4c3)n2)c2cc(F)ccc12. The van der Waals surface area contributed by atoms with Crippen LogP contribution < -0.4 is 5.56 Å². The summed E-state index contributed by atoms with van der Waals surface area (Å²) in [6, 6.07) is 16.0. The van der Waals surface area contributed by atoms with Crippen molar-refractivity contribution in [1.82, 2.24) is 29.1 Å². The van der Waals surface area contributed by atoms with E-state index in [2.05, 4.69) is 44.1 Å². The van der Waals surface area contributed by atoms with Crippen molar-refractivity contribution in [3.8, 4) is 5.82 Å². The van der Waals surface area contributed by atoms with Gasteiger partial charge in [-0.25, -0.2) is 9.07 Å². The fourth-order valence-corrected chi connectivity index (χ4v) is 5.74. The number of pyridine rings is 1. The maximum Gasteiger partial charge on any atom is 0.266 e. The summed E-state index contributed by atoms with van der Waals surface area (Å²) in [4.78, 5) is 26.7. The van der Waals surface area contributed by atoms with Crippen LogP contribution in [0.25, 0.3) is 27.6 Å². The number of aryl methyl sites for hydroxylation is 3. The first kappa shape index (κ1) is 29.5. The van der Waals surface area contributed by atoms with Crippen molar-refractivity contribution in [1.29, 1.82) is 5.41 Å². The Labute approximate surface area is 255 Å². The zero-order chi connectivity index (χ0) is 30.6. The minimum atomic E-state index is -0.320. The molecule has 0 bridgehead atoms. The minimum Gasteiger partial charge on any atom is -0.312 e. The molecule has 1 fully saturated rings. The van der Waals surface area contributed by atoms with Crippen LogP contribution in [0.3, 0.4) is 0 Å². The Hall–Kier alpha value is -4.54. The summed E-state index contributed by atoms with van der Waals surface area (Å²) in [5.74, 6) is -0.00136. The average molecular weight is 593 g/mol. The van der Waals surface area contributed by atoms with Gasteiger partial charge in [0.2, 0.25) is 0 Å². The van der Waals surface area contributed by atoms with Crippen LogP contribution in [0.1, 0.15) is 22.6 Å². The molecule has 5 aromatic rings.